The number of hydrogen-bond acceptors (Lipinski definition) is 5. The minimum absolute atomic E-state index is 0.0853. The molecule has 7 nitrogen and oxygen atoms in total. The van der Waals surface area contributed by atoms with Crippen molar-refractivity contribution in [2.75, 3.05) is 11.9 Å². The van der Waals surface area contributed by atoms with Gasteiger partial charge in [-0.1, -0.05) is 25.4 Å². The molecule has 0 atom stereocenters. The van der Waals surface area contributed by atoms with Crippen LogP contribution in [-0.4, -0.2) is 34.9 Å². The van der Waals surface area contributed by atoms with Gasteiger partial charge in [-0.05, 0) is 56.7 Å². The molecule has 0 bridgehead atoms. The standard InChI is InChI=1S/C23H30ClN3O4/c1-15(2)14-30-21-9-6-19(24)11-18(21)12-27-16(3)10-22(26-27)25-23(29)31-20-7-4-17(13-28)5-8-20/h6,9-11,13,15,17,20H,4-5,7-8,12,14H2,1-3H3,(H,25,26,29). The van der Waals surface area contributed by atoms with Gasteiger partial charge >= 0.3 is 6.09 Å². The largest absolute Gasteiger partial charge is 0.493 e. The van der Waals surface area contributed by atoms with Crippen molar-refractivity contribution in [1.29, 1.82) is 0 Å². The first-order valence-electron chi connectivity index (χ1n) is 10.7. The number of carbonyl (C=O) groups excluding carboxylic acids is 2. The van der Waals surface area contributed by atoms with E-state index in [1.807, 2.05) is 25.1 Å². The minimum atomic E-state index is -0.525. The predicted octanol–water partition coefficient (Wildman–Crippen LogP) is 5.23. The highest BCUT2D eigenvalue weighted by Gasteiger charge is 2.24. The SMILES string of the molecule is Cc1cc(NC(=O)OC2CCC(C=O)CC2)nn1Cc1cc(Cl)ccc1OCC(C)C. The number of ether oxygens (including phenoxy) is 2. The first-order chi connectivity index (χ1) is 14.8. The fourth-order valence-electron chi connectivity index (χ4n) is 3.59. The number of amides is 1. The third-order valence-corrected chi connectivity index (χ3v) is 5.55. The number of aldehydes is 1. The summed E-state index contributed by atoms with van der Waals surface area (Å²) in [5.41, 5.74) is 1.80. The van der Waals surface area contributed by atoms with Crippen LogP contribution in [0.3, 0.4) is 0 Å². The van der Waals surface area contributed by atoms with Gasteiger partial charge in [-0.3, -0.25) is 10.00 Å². The molecule has 1 aromatic heterocycles. The van der Waals surface area contributed by atoms with Crippen LogP contribution in [0.15, 0.2) is 24.3 Å². The Kier molecular flexibility index (Phi) is 7.96. The zero-order chi connectivity index (χ0) is 22.4. The van der Waals surface area contributed by atoms with Gasteiger partial charge in [-0.2, -0.15) is 5.10 Å². The van der Waals surface area contributed by atoms with E-state index in [2.05, 4.69) is 24.3 Å². The molecule has 1 aliphatic carbocycles. The molecule has 0 radical (unpaired) electrons. The fourth-order valence-corrected chi connectivity index (χ4v) is 3.78. The van der Waals surface area contributed by atoms with Crippen molar-refractivity contribution in [3.63, 3.8) is 0 Å². The lowest BCUT2D eigenvalue weighted by atomic mass is 9.88. The first kappa shape index (κ1) is 23.1. The van der Waals surface area contributed by atoms with E-state index >= 15 is 0 Å². The Morgan fingerprint density at radius 1 is 1.29 bits per heavy atom. The molecule has 1 aliphatic rings. The Morgan fingerprint density at radius 2 is 2.03 bits per heavy atom. The Hall–Kier alpha value is -2.54. The molecule has 0 spiro atoms. The number of nitrogens with one attached hydrogen (secondary N) is 1. The zero-order valence-electron chi connectivity index (χ0n) is 18.3. The second-order valence-corrected chi connectivity index (χ2v) is 8.93. The average Bonchev–Trinajstić information content (AvgIpc) is 3.06. The molecule has 0 unspecified atom stereocenters. The minimum Gasteiger partial charge on any atom is -0.493 e. The van der Waals surface area contributed by atoms with E-state index in [1.165, 1.54) is 0 Å². The second kappa shape index (κ2) is 10.7. The highest BCUT2D eigenvalue weighted by Crippen LogP contribution is 2.26. The van der Waals surface area contributed by atoms with Crippen LogP contribution in [0, 0.1) is 18.8 Å². The van der Waals surface area contributed by atoms with E-state index in [9.17, 15) is 9.59 Å². The van der Waals surface area contributed by atoms with Crippen LogP contribution in [0.1, 0.15) is 50.8 Å². The third kappa shape index (κ3) is 6.72. The van der Waals surface area contributed by atoms with E-state index in [0.29, 0.717) is 42.8 Å². The number of hydrogen-bond donors (Lipinski definition) is 1. The molecule has 8 heteroatoms. The van der Waals surface area contributed by atoms with Crippen molar-refractivity contribution in [3.8, 4) is 5.75 Å². The number of benzene rings is 1. The van der Waals surface area contributed by atoms with Crippen LogP contribution in [0.4, 0.5) is 10.6 Å². The van der Waals surface area contributed by atoms with Gasteiger partial charge in [-0.25, -0.2) is 4.79 Å². The van der Waals surface area contributed by atoms with E-state index in [0.717, 1.165) is 36.1 Å². The van der Waals surface area contributed by atoms with Crippen molar-refractivity contribution < 1.29 is 19.1 Å². The van der Waals surface area contributed by atoms with Crippen molar-refractivity contribution in [2.45, 2.75) is 59.1 Å². The summed E-state index contributed by atoms with van der Waals surface area (Å²) in [4.78, 5) is 23.1. The molecule has 2 aromatic rings. The predicted molar refractivity (Wildman–Crippen MR) is 120 cm³/mol. The number of rotatable bonds is 8. The summed E-state index contributed by atoms with van der Waals surface area (Å²) in [5, 5.41) is 7.82. The van der Waals surface area contributed by atoms with Crippen molar-refractivity contribution in [1.82, 2.24) is 9.78 Å². The smallest absolute Gasteiger partial charge is 0.413 e. The normalized spacial score (nSPS) is 18.6. The number of aryl methyl sites for hydroxylation is 1. The molecule has 1 saturated carbocycles. The summed E-state index contributed by atoms with van der Waals surface area (Å²) in [6.07, 6.45) is 3.24. The number of anilines is 1. The molecule has 1 amide bonds. The highest BCUT2D eigenvalue weighted by molar-refractivity contribution is 6.30. The molecule has 1 fully saturated rings. The van der Waals surface area contributed by atoms with Crippen LogP contribution >= 0.6 is 11.6 Å². The lowest BCUT2D eigenvalue weighted by molar-refractivity contribution is -0.112. The van der Waals surface area contributed by atoms with Crippen molar-refractivity contribution in [3.05, 3.63) is 40.5 Å². The van der Waals surface area contributed by atoms with Crippen molar-refractivity contribution in [2.24, 2.45) is 11.8 Å². The number of carbonyl (C=O) groups is 2. The van der Waals surface area contributed by atoms with Gasteiger partial charge in [0.15, 0.2) is 5.82 Å². The lowest BCUT2D eigenvalue weighted by Gasteiger charge is -2.25. The number of halogens is 1. The maximum Gasteiger partial charge on any atom is 0.413 e. The van der Waals surface area contributed by atoms with Gasteiger partial charge in [0.25, 0.3) is 0 Å². The van der Waals surface area contributed by atoms with Crippen LogP contribution in [0.5, 0.6) is 5.75 Å². The quantitative estimate of drug-likeness (QED) is 0.560. The van der Waals surface area contributed by atoms with Gasteiger partial charge in [0, 0.05) is 28.3 Å². The summed E-state index contributed by atoms with van der Waals surface area (Å²) >= 11 is 6.19. The molecule has 0 saturated heterocycles. The van der Waals surface area contributed by atoms with Crippen molar-refractivity contribution >= 4 is 29.8 Å². The monoisotopic (exact) mass is 447 g/mol. The van der Waals surface area contributed by atoms with Gasteiger partial charge in [0.2, 0.25) is 0 Å². The fraction of sp³-hybridized carbons (Fsp3) is 0.522. The van der Waals surface area contributed by atoms with Gasteiger partial charge in [0.05, 0.1) is 13.2 Å². The molecule has 1 N–H and O–H groups in total. The maximum atomic E-state index is 12.3. The van der Waals surface area contributed by atoms with Gasteiger partial charge in [0.1, 0.15) is 18.1 Å². The summed E-state index contributed by atoms with van der Waals surface area (Å²) in [6, 6.07) is 7.34. The summed E-state index contributed by atoms with van der Waals surface area (Å²) in [5.74, 6) is 1.69. The molecule has 3 rings (SSSR count). The second-order valence-electron chi connectivity index (χ2n) is 8.49. The lowest BCUT2D eigenvalue weighted by Crippen LogP contribution is -2.27. The van der Waals surface area contributed by atoms with Gasteiger partial charge in [-0.15, -0.1) is 0 Å². The Bertz CT molecular complexity index is 904. The molecule has 1 heterocycles. The Labute approximate surface area is 188 Å². The van der Waals surface area contributed by atoms with Crippen LogP contribution in [0.25, 0.3) is 0 Å². The molecular formula is C23H30ClN3O4. The maximum absolute atomic E-state index is 12.3. The number of aromatic nitrogens is 2. The Balaban J connectivity index is 1.61. The Morgan fingerprint density at radius 3 is 2.71 bits per heavy atom. The van der Waals surface area contributed by atoms with Crippen LogP contribution in [0.2, 0.25) is 5.02 Å². The molecule has 0 aliphatic heterocycles. The summed E-state index contributed by atoms with van der Waals surface area (Å²) in [7, 11) is 0. The van der Waals surface area contributed by atoms with Crippen LogP contribution in [-0.2, 0) is 16.1 Å². The summed E-state index contributed by atoms with van der Waals surface area (Å²) < 4.78 is 13.2. The van der Waals surface area contributed by atoms with Gasteiger partial charge < -0.3 is 14.3 Å². The van der Waals surface area contributed by atoms with E-state index < -0.39 is 6.09 Å². The zero-order valence-corrected chi connectivity index (χ0v) is 19.0. The molecule has 168 valence electrons. The van der Waals surface area contributed by atoms with E-state index in [1.54, 1.807) is 10.7 Å². The topological polar surface area (TPSA) is 82.5 Å². The van der Waals surface area contributed by atoms with E-state index in [-0.39, 0.29) is 12.0 Å². The van der Waals surface area contributed by atoms with Crippen LogP contribution < -0.4 is 10.1 Å². The van der Waals surface area contributed by atoms with E-state index in [4.69, 9.17) is 21.1 Å². The number of nitrogens with zero attached hydrogens (tertiary/aromatic N) is 2. The first-order valence-corrected chi connectivity index (χ1v) is 11.1. The highest BCUT2D eigenvalue weighted by atomic mass is 35.5. The third-order valence-electron chi connectivity index (χ3n) is 5.31. The average molecular weight is 448 g/mol. The molecular weight excluding hydrogens is 418 g/mol. The molecule has 1 aromatic carbocycles. The summed E-state index contributed by atoms with van der Waals surface area (Å²) in [6.45, 7) is 7.19. The molecule has 31 heavy (non-hydrogen) atoms.